The van der Waals surface area contributed by atoms with Gasteiger partial charge in [-0.2, -0.15) is 0 Å². The number of aromatic nitrogens is 1. The molecule has 0 aliphatic carbocycles. The minimum Gasteiger partial charge on any atom is -0.466 e. The maximum absolute atomic E-state index is 11.1. The van der Waals surface area contributed by atoms with Gasteiger partial charge in [0.1, 0.15) is 5.76 Å². The lowest BCUT2D eigenvalue weighted by atomic mass is 10.2. The average Bonchev–Trinajstić information content (AvgIpc) is 2.60. The molecule has 0 fully saturated rings. The highest BCUT2D eigenvalue weighted by Crippen LogP contribution is 2.11. The van der Waals surface area contributed by atoms with Crippen LogP contribution in [-0.2, 0) is 16.1 Å². The van der Waals surface area contributed by atoms with Gasteiger partial charge in [0.15, 0.2) is 0 Å². The van der Waals surface area contributed by atoms with Crippen LogP contribution >= 0.6 is 0 Å². The number of aryl methyl sites for hydroxylation is 2. The summed E-state index contributed by atoms with van der Waals surface area (Å²) in [6, 6.07) is 0. The Morgan fingerprint density at radius 1 is 1.56 bits per heavy atom. The van der Waals surface area contributed by atoms with Gasteiger partial charge in [-0.15, -0.1) is 0 Å². The van der Waals surface area contributed by atoms with E-state index in [-0.39, 0.29) is 12.4 Å². The largest absolute Gasteiger partial charge is 0.466 e. The van der Waals surface area contributed by atoms with E-state index >= 15 is 0 Å². The average molecular weight is 256 g/mol. The van der Waals surface area contributed by atoms with Gasteiger partial charge in [0.2, 0.25) is 0 Å². The van der Waals surface area contributed by atoms with Crippen molar-refractivity contribution in [3.63, 3.8) is 0 Å². The molecule has 2 N–H and O–H groups in total. The van der Waals surface area contributed by atoms with Crippen LogP contribution in [0.5, 0.6) is 0 Å². The SMILES string of the molecule is CCOC(=O)CC(O)CNCc1c(C)noc1C. The molecule has 0 amide bonds. The van der Waals surface area contributed by atoms with Gasteiger partial charge >= 0.3 is 5.97 Å². The van der Waals surface area contributed by atoms with Crippen molar-refractivity contribution < 1.29 is 19.2 Å². The molecule has 1 heterocycles. The highest BCUT2D eigenvalue weighted by Gasteiger charge is 2.13. The number of nitrogens with zero attached hydrogens (tertiary/aromatic N) is 1. The Morgan fingerprint density at radius 3 is 2.83 bits per heavy atom. The van der Waals surface area contributed by atoms with Gasteiger partial charge in [0, 0.05) is 18.7 Å². The summed E-state index contributed by atoms with van der Waals surface area (Å²) in [7, 11) is 0. The highest BCUT2D eigenvalue weighted by atomic mass is 16.5. The van der Waals surface area contributed by atoms with Crippen LogP contribution in [-0.4, -0.2) is 35.5 Å². The molecule has 18 heavy (non-hydrogen) atoms. The number of esters is 1. The third kappa shape index (κ3) is 4.46. The first-order chi connectivity index (χ1) is 8.54. The van der Waals surface area contributed by atoms with Crippen LogP contribution in [0.3, 0.4) is 0 Å². The third-order valence-corrected chi connectivity index (χ3v) is 2.57. The van der Waals surface area contributed by atoms with E-state index in [1.54, 1.807) is 6.92 Å². The summed E-state index contributed by atoms with van der Waals surface area (Å²) in [6.45, 7) is 6.65. The molecule has 1 rings (SSSR count). The summed E-state index contributed by atoms with van der Waals surface area (Å²) in [5, 5.41) is 16.5. The molecule has 0 aliphatic heterocycles. The highest BCUT2D eigenvalue weighted by molar-refractivity contribution is 5.69. The van der Waals surface area contributed by atoms with Gasteiger partial charge in [0.05, 0.1) is 24.8 Å². The summed E-state index contributed by atoms with van der Waals surface area (Å²) >= 11 is 0. The molecule has 1 aromatic heterocycles. The van der Waals surface area contributed by atoms with Gasteiger partial charge in [-0.3, -0.25) is 4.79 Å². The second-order valence-corrected chi connectivity index (χ2v) is 4.10. The van der Waals surface area contributed by atoms with E-state index in [0.717, 1.165) is 17.0 Å². The Labute approximate surface area is 106 Å². The van der Waals surface area contributed by atoms with E-state index < -0.39 is 6.10 Å². The van der Waals surface area contributed by atoms with Crippen molar-refractivity contribution in [2.24, 2.45) is 0 Å². The Balaban J connectivity index is 2.27. The molecule has 0 saturated heterocycles. The molecular weight excluding hydrogens is 236 g/mol. The number of ether oxygens (including phenoxy) is 1. The Morgan fingerprint density at radius 2 is 2.28 bits per heavy atom. The van der Waals surface area contributed by atoms with Crippen molar-refractivity contribution in [1.29, 1.82) is 0 Å². The van der Waals surface area contributed by atoms with E-state index in [1.807, 2.05) is 13.8 Å². The number of hydrogen-bond donors (Lipinski definition) is 2. The predicted octanol–water partition coefficient (Wildman–Crippen LogP) is 0.695. The van der Waals surface area contributed by atoms with Crippen molar-refractivity contribution in [3.8, 4) is 0 Å². The monoisotopic (exact) mass is 256 g/mol. The summed E-state index contributed by atoms with van der Waals surface area (Å²) in [5.41, 5.74) is 1.82. The Bertz CT molecular complexity index is 370. The first-order valence-corrected chi connectivity index (χ1v) is 6.00. The number of rotatable bonds is 7. The molecule has 1 atom stereocenters. The number of carbonyl (C=O) groups is 1. The van der Waals surface area contributed by atoms with Crippen molar-refractivity contribution in [3.05, 3.63) is 17.0 Å². The van der Waals surface area contributed by atoms with Crippen LogP contribution < -0.4 is 5.32 Å². The molecule has 0 radical (unpaired) electrons. The first-order valence-electron chi connectivity index (χ1n) is 6.00. The van der Waals surface area contributed by atoms with Gasteiger partial charge in [0.25, 0.3) is 0 Å². The molecule has 102 valence electrons. The molecule has 1 aromatic rings. The van der Waals surface area contributed by atoms with Crippen LogP contribution in [0.15, 0.2) is 4.52 Å². The zero-order valence-corrected chi connectivity index (χ0v) is 11.0. The van der Waals surface area contributed by atoms with Crippen molar-refractivity contribution in [1.82, 2.24) is 10.5 Å². The van der Waals surface area contributed by atoms with Crippen molar-refractivity contribution in [2.75, 3.05) is 13.2 Å². The van der Waals surface area contributed by atoms with Gasteiger partial charge in [-0.05, 0) is 20.8 Å². The van der Waals surface area contributed by atoms with Gasteiger partial charge in [-0.1, -0.05) is 5.16 Å². The third-order valence-electron chi connectivity index (χ3n) is 2.57. The summed E-state index contributed by atoms with van der Waals surface area (Å²) in [4.78, 5) is 11.1. The maximum atomic E-state index is 11.1. The van der Waals surface area contributed by atoms with E-state index in [2.05, 4.69) is 10.5 Å². The molecule has 0 spiro atoms. The molecule has 6 heteroatoms. The Kier molecular flexibility index (Phi) is 5.80. The smallest absolute Gasteiger partial charge is 0.308 e. The first kappa shape index (κ1) is 14.7. The van der Waals surface area contributed by atoms with E-state index in [1.165, 1.54) is 0 Å². The van der Waals surface area contributed by atoms with Gasteiger partial charge < -0.3 is 19.7 Å². The van der Waals surface area contributed by atoms with Crippen molar-refractivity contribution in [2.45, 2.75) is 39.8 Å². The number of carbonyl (C=O) groups excluding carboxylic acids is 1. The maximum Gasteiger partial charge on any atom is 0.308 e. The minimum atomic E-state index is -0.746. The zero-order chi connectivity index (χ0) is 13.5. The van der Waals surface area contributed by atoms with E-state index in [0.29, 0.717) is 19.7 Å². The summed E-state index contributed by atoms with van der Waals surface area (Å²) in [6.07, 6.45) is -0.743. The number of hydrogen-bond acceptors (Lipinski definition) is 6. The summed E-state index contributed by atoms with van der Waals surface area (Å²) in [5.74, 6) is 0.379. The van der Waals surface area contributed by atoms with Crippen LogP contribution in [0.4, 0.5) is 0 Å². The standard InChI is InChI=1S/C12H20N2O4/c1-4-17-12(16)5-10(15)6-13-7-11-8(2)14-18-9(11)3/h10,13,15H,4-7H2,1-3H3. The lowest BCUT2D eigenvalue weighted by Crippen LogP contribution is -2.29. The van der Waals surface area contributed by atoms with Crippen LogP contribution in [0, 0.1) is 13.8 Å². The lowest BCUT2D eigenvalue weighted by molar-refractivity contribution is -0.145. The second kappa shape index (κ2) is 7.13. The van der Waals surface area contributed by atoms with E-state index in [9.17, 15) is 9.90 Å². The molecular formula is C12H20N2O4. The molecule has 0 aliphatic rings. The number of aliphatic hydroxyl groups is 1. The van der Waals surface area contributed by atoms with Crippen LogP contribution in [0.25, 0.3) is 0 Å². The fraction of sp³-hybridized carbons (Fsp3) is 0.667. The van der Waals surface area contributed by atoms with Crippen LogP contribution in [0.2, 0.25) is 0 Å². The van der Waals surface area contributed by atoms with E-state index in [4.69, 9.17) is 9.26 Å². The number of nitrogens with one attached hydrogen (secondary N) is 1. The Hall–Kier alpha value is -1.40. The number of aliphatic hydroxyl groups excluding tert-OH is 1. The van der Waals surface area contributed by atoms with Gasteiger partial charge in [-0.25, -0.2) is 0 Å². The molecule has 0 aromatic carbocycles. The van der Waals surface area contributed by atoms with Crippen LogP contribution in [0.1, 0.15) is 30.4 Å². The molecule has 1 unspecified atom stereocenters. The topological polar surface area (TPSA) is 84.6 Å². The molecule has 0 bridgehead atoms. The quantitative estimate of drug-likeness (QED) is 0.698. The lowest BCUT2D eigenvalue weighted by Gasteiger charge is -2.10. The fourth-order valence-electron chi connectivity index (χ4n) is 1.60. The molecule has 6 nitrogen and oxygen atoms in total. The summed E-state index contributed by atoms with van der Waals surface area (Å²) < 4.78 is 9.77. The minimum absolute atomic E-state index is 0.00242. The molecule has 0 saturated carbocycles. The normalized spacial score (nSPS) is 12.4. The fourth-order valence-corrected chi connectivity index (χ4v) is 1.60. The van der Waals surface area contributed by atoms with Crippen molar-refractivity contribution >= 4 is 5.97 Å². The second-order valence-electron chi connectivity index (χ2n) is 4.10. The predicted molar refractivity (Wildman–Crippen MR) is 64.9 cm³/mol. The zero-order valence-electron chi connectivity index (χ0n) is 11.0.